The van der Waals surface area contributed by atoms with Gasteiger partial charge in [-0.25, -0.2) is 0 Å². The standard InChI is InChI=1S/C25H18Cl2N2O3S.C2H6/c1-32-21-13-18(27)8-9-20(21)24(31)22-11-16(12-23(30)29-19-3-2-10-28-14-19)25(33-22)15-4-6-17(26)7-5-15;1-2/h2-11,13-14H,12H2,1H3,(H,29,30);1-2H3. The summed E-state index contributed by atoms with van der Waals surface area (Å²) >= 11 is 13.4. The van der Waals surface area contributed by atoms with Gasteiger partial charge in [-0.3, -0.25) is 14.6 Å². The fraction of sp³-hybridized carbons (Fsp3) is 0.148. The predicted molar refractivity (Wildman–Crippen MR) is 144 cm³/mol. The van der Waals surface area contributed by atoms with Gasteiger partial charge in [-0.1, -0.05) is 49.2 Å². The Labute approximate surface area is 218 Å². The maximum absolute atomic E-state index is 13.3. The highest BCUT2D eigenvalue weighted by Gasteiger charge is 2.21. The van der Waals surface area contributed by atoms with Gasteiger partial charge in [0.05, 0.1) is 35.9 Å². The van der Waals surface area contributed by atoms with Crippen molar-refractivity contribution in [3.63, 3.8) is 0 Å². The highest BCUT2D eigenvalue weighted by molar-refractivity contribution is 7.17. The summed E-state index contributed by atoms with van der Waals surface area (Å²) < 4.78 is 5.35. The molecule has 0 saturated carbocycles. The molecule has 4 aromatic rings. The van der Waals surface area contributed by atoms with Crippen LogP contribution in [-0.2, 0) is 11.2 Å². The number of nitrogens with one attached hydrogen (secondary N) is 1. The summed E-state index contributed by atoms with van der Waals surface area (Å²) in [4.78, 5) is 31.4. The zero-order valence-corrected chi connectivity index (χ0v) is 21.8. The lowest BCUT2D eigenvalue weighted by Crippen LogP contribution is -2.14. The molecule has 0 saturated heterocycles. The van der Waals surface area contributed by atoms with Gasteiger partial charge in [0.2, 0.25) is 11.7 Å². The lowest BCUT2D eigenvalue weighted by molar-refractivity contribution is -0.115. The van der Waals surface area contributed by atoms with Crippen LogP contribution < -0.4 is 10.1 Å². The van der Waals surface area contributed by atoms with Crippen molar-refractivity contribution in [1.29, 1.82) is 0 Å². The van der Waals surface area contributed by atoms with E-state index in [1.165, 1.54) is 18.4 Å². The molecule has 0 aliphatic rings. The van der Waals surface area contributed by atoms with E-state index in [0.29, 0.717) is 31.9 Å². The van der Waals surface area contributed by atoms with Gasteiger partial charge in [0.1, 0.15) is 5.75 Å². The molecule has 2 aromatic heterocycles. The molecule has 0 bridgehead atoms. The maximum atomic E-state index is 13.3. The second kappa shape index (κ2) is 12.5. The van der Waals surface area contributed by atoms with Crippen LogP contribution in [0, 0.1) is 0 Å². The van der Waals surface area contributed by atoms with Gasteiger partial charge in [-0.15, -0.1) is 11.3 Å². The third-order valence-corrected chi connectivity index (χ3v) is 6.56. The third kappa shape index (κ3) is 6.69. The van der Waals surface area contributed by atoms with Crippen LogP contribution in [0.15, 0.2) is 73.1 Å². The SMILES string of the molecule is CC.COc1cc(Cl)ccc1C(=O)c1cc(CC(=O)Nc2cccnc2)c(-c2ccc(Cl)cc2)s1. The van der Waals surface area contributed by atoms with Gasteiger partial charge in [-0.2, -0.15) is 0 Å². The van der Waals surface area contributed by atoms with Crippen LogP contribution in [0.4, 0.5) is 5.69 Å². The zero-order chi connectivity index (χ0) is 25.4. The molecule has 4 rings (SSSR count). The van der Waals surface area contributed by atoms with Crippen LogP contribution in [0.25, 0.3) is 10.4 Å². The number of rotatable bonds is 7. The second-order valence-electron chi connectivity index (χ2n) is 7.11. The van der Waals surface area contributed by atoms with E-state index in [-0.39, 0.29) is 18.1 Å². The molecule has 0 aliphatic heterocycles. The summed E-state index contributed by atoms with van der Waals surface area (Å²) in [5, 5.41) is 3.92. The van der Waals surface area contributed by atoms with Crippen LogP contribution in [0.3, 0.4) is 0 Å². The van der Waals surface area contributed by atoms with Gasteiger partial charge >= 0.3 is 0 Å². The van der Waals surface area contributed by atoms with E-state index in [2.05, 4.69) is 10.3 Å². The first-order valence-electron chi connectivity index (χ1n) is 10.9. The number of pyridine rings is 1. The van der Waals surface area contributed by atoms with E-state index < -0.39 is 0 Å². The first kappa shape index (κ1) is 26.4. The number of anilines is 1. The summed E-state index contributed by atoms with van der Waals surface area (Å²) in [6.07, 6.45) is 3.30. The number of hydrogen-bond donors (Lipinski definition) is 1. The smallest absolute Gasteiger partial charge is 0.228 e. The summed E-state index contributed by atoms with van der Waals surface area (Å²) in [5.41, 5.74) is 2.61. The number of ether oxygens (including phenoxy) is 1. The van der Waals surface area contributed by atoms with E-state index in [0.717, 1.165) is 16.0 Å². The molecule has 1 amide bonds. The van der Waals surface area contributed by atoms with Crippen molar-refractivity contribution in [2.75, 3.05) is 12.4 Å². The number of ketones is 1. The van der Waals surface area contributed by atoms with Crippen LogP contribution in [-0.4, -0.2) is 23.8 Å². The fourth-order valence-electron chi connectivity index (χ4n) is 3.32. The van der Waals surface area contributed by atoms with E-state index in [4.69, 9.17) is 27.9 Å². The summed E-state index contributed by atoms with van der Waals surface area (Å²) in [5.74, 6) is -0.0217. The van der Waals surface area contributed by atoms with Gasteiger partial charge in [-0.05, 0) is 59.7 Å². The van der Waals surface area contributed by atoms with E-state index >= 15 is 0 Å². The minimum absolute atomic E-state index is 0.0917. The largest absolute Gasteiger partial charge is 0.496 e. The zero-order valence-electron chi connectivity index (χ0n) is 19.5. The molecule has 0 spiro atoms. The maximum Gasteiger partial charge on any atom is 0.228 e. The number of carbonyl (C=O) groups excluding carboxylic acids is 2. The monoisotopic (exact) mass is 526 g/mol. The number of halogens is 2. The minimum atomic E-state index is -0.209. The molecule has 5 nitrogen and oxygen atoms in total. The Bertz CT molecular complexity index is 1310. The lowest BCUT2D eigenvalue weighted by Gasteiger charge is -2.06. The number of aromatic nitrogens is 1. The Morgan fingerprint density at radius 2 is 1.71 bits per heavy atom. The third-order valence-electron chi connectivity index (χ3n) is 4.84. The van der Waals surface area contributed by atoms with Crippen molar-refractivity contribution in [3.05, 3.63) is 99.1 Å². The van der Waals surface area contributed by atoms with Gasteiger partial charge in [0, 0.05) is 21.1 Å². The molecule has 8 heteroatoms. The van der Waals surface area contributed by atoms with Crippen LogP contribution in [0.2, 0.25) is 10.0 Å². The number of hydrogen-bond acceptors (Lipinski definition) is 5. The summed E-state index contributed by atoms with van der Waals surface area (Å²) in [7, 11) is 1.49. The summed E-state index contributed by atoms with van der Waals surface area (Å²) in [6.45, 7) is 4.00. The number of thiophene rings is 1. The lowest BCUT2D eigenvalue weighted by atomic mass is 10.0. The topological polar surface area (TPSA) is 68.3 Å². The molecule has 2 heterocycles. The van der Waals surface area contributed by atoms with Gasteiger partial charge in [0.15, 0.2) is 0 Å². The number of carbonyl (C=O) groups is 2. The molecule has 180 valence electrons. The molecule has 1 N–H and O–H groups in total. The molecule has 0 fully saturated rings. The number of methoxy groups -OCH3 is 1. The molecule has 35 heavy (non-hydrogen) atoms. The fourth-order valence-corrected chi connectivity index (χ4v) is 4.75. The van der Waals surface area contributed by atoms with E-state index in [9.17, 15) is 9.59 Å². The Morgan fingerprint density at radius 1 is 1.00 bits per heavy atom. The van der Waals surface area contributed by atoms with E-state index in [1.54, 1.807) is 60.9 Å². The van der Waals surface area contributed by atoms with Crippen molar-refractivity contribution in [2.45, 2.75) is 20.3 Å². The Hall–Kier alpha value is -3.19. The van der Waals surface area contributed by atoms with Gasteiger partial charge < -0.3 is 10.1 Å². The van der Waals surface area contributed by atoms with Crippen LogP contribution in [0.1, 0.15) is 34.6 Å². The van der Waals surface area contributed by atoms with Crippen LogP contribution >= 0.6 is 34.5 Å². The molecule has 0 aliphatic carbocycles. The Morgan fingerprint density at radius 3 is 2.37 bits per heavy atom. The van der Waals surface area contributed by atoms with Crippen molar-refractivity contribution < 1.29 is 14.3 Å². The summed E-state index contributed by atoms with van der Waals surface area (Å²) in [6, 6.07) is 17.4. The van der Waals surface area contributed by atoms with Crippen LogP contribution in [0.5, 0.6) is 5.75 Å². The Kier molecular flexibility index (Phi) is 9.43. The second-order valence-corrected chi connectivity index (χ2v) is 9.04. The quantitative estimate of drug-likeness (QED) is 0.252. The molecular weight excluding hydrogens is 503 g/mol. The Balaban J connectivity index is 0.00000167. The van der Waals surface area contributed by atoms with E-state index in [1.807, 2.05) is 26.0 Å². The highest BCUT2D eigenvalue weighted by Crippen LogP contribution is 2.36. The first-order valence-corrected chi connectivity index (χ1v) is 12.5. The average Bonchev–Trinajstić information content (AvgIpc) is 3.29. The molecule has 0 atom stereocenters. The highest BCUT2D eigenvalue weighted by atomic mass is 35.5. The van der Waals surface area contributed by atoms with Crippen molar-refractivity contribution in [2.24, 2.45) is 0 Å². The average molecular weight is 527 g/mol. The molecule has 0 radical (unpaired) electrons. The van der Waals surface area contributed by atoms with Gasteiger partial charge in [0.25, 0.3) is 0 Å². The predicted octanol–water partition coefficient (Wildman–Crippen LogP) is 7.56. The number of benzene rings is 2. The number of nitrogens with zero attached hydrogens (tertiary/aromatic N) is 1. The van der Waals surface area contributed by atoms with Crippen molar-refractivity contribution >= 4 is 51.9 Å². The molecule has 2 aromatic carbocycles. The minimum Gasteiger partial charge on any atom is -0.496 e. The first-order chi connectivity index (χ1) is 16.9. The van der Waals surface area contributed by atoms with Crippen molar-refractivity contribution in [3.8, 4) is 16.2 Å². The normalized spacial score (nSPS) is 10.2. The number of amides is 1. The molecular formula is C27H24Cl2N2O3S. The van der Waals surface area contributed by atoms with Crippen molar-refractivity contribution in [1.82, 2.24) is 4.98 Å². The molecule has 0 unspecified atom stereocenters.